The summed E-state index contributed by atoms with van der Waals surface area (Å²) in [6.07, 6.45) is 0. The molecule has 0 bridgehead atoms. The molecule has 0 saturated carbocycles. The Balaban J connectivity index is 2.66. The quantitative estimate of drug-likeness (QED) is 0.859. The number of aliphatic hydroxyl groups excluding tert-OH is 1. The van der Waals surface area contributed by atoms with Crippen molar-refractivity contribution >= 4 is 21.8 Å². The first kappa shape index (κ1) is 11.1. The molecule has 76 valence electrons. The maximum absolute atomic E-state index is 12.8. The summed E-state index contributed by atoms with van der Waals surface area (Å²) in [4.78, 5) is 10.7. The van der Waals surface area contributed by atoms with Gasteiger partial charge in [0.15, 0.2) is 0 Å². The van der Waals surface area contributed by atoms with Crippen molar-refractivity contribution in [3.05, 3.63) is 34.1 Å². The van der Waals surface area contributed by atoms with E-state index >= 15 is 0 Å². The maximum atomic E-state index is 12.8. The van der Waals surface area contributed by atoms with Gasteiger partial charge in [-0.2, -0.15) is 0 Å². The smallest absolute Gasteiger partial charge is 0.245 e. The molecule has 3 nitrogen and oxygen atoms in total. The minimum absolute atomic E-state index is 0.192. The van der Waals surface area contributed by atoms with E-state index in [0.29, 0.717) is 5.56 Å². The molecule has 1 amide bonds. The summed E-state index contributed by atoms with van der Waals surface area (Å²) in [6.45, 7) is -0.370. The summed E-state index contributed by atoms with van der Waals surface area (Å²) < 4.78 is 13.5. The Labute approximate surface area is 89.1 Å². The fourth-order valence-corrected chi connectivity index (χ4v) is 1.32. The molecule has 0 aliphatic carbocycles. The second-order valence-electron chi connectivity index (χ2n) is 2.67. The largest absolute Gasteiger partial charge is 0.387 e. The summed E-state index contributed by atoms with van der Waals surface area (Å²) in [6, 6.07) is 4.21. The van der Waals surface area contributed by atoms with Crippen LogP contribution in [0.1, 0.15) is 5.56 Å². The third kappa shape index (κ3) is 3.08. The van der Waals surface area contributed by atoms with Crippen molar-refractivity contribution in [2.75, 3.05) is 6.61 Å². The number of benzene rings is 1. The van der Waals surface area contributed by atoms with E-state index in [-0.39, 0.29) is 12.4 Å². The Morgan fingerprint density at radius 1 is 1.57 bits per heavy atom. The highest BCUT2D eigenvalue weighted by molar-refractivity contribution is 9.10. The minimum atomic E-state index is -0.563. The first-order chi connectivity index (χ1) is 6.63. The van der Waals surface area contributed by atoms with Crippen LogP contribution in [0.25, 0.3) is 0 Å². The van der Waals surface area contributed by atoms with Gasteiger partial charge in [0.2, 0.25) is 5.91 Å². The van der Waals surface area contributed by atoms with Gasteiger partial charge in [-0.1, -0.05) is 15.9 Å². The summed E-state index contributed by atoms with van der Waals surface area (Å²) in [5.41, 5.74) is 0.631. The van der Waals surface area contributed by atoms with Crippen LogP contribution >= 0.6 is 15.9 Å². The molecule has 0 aromatic heterocycles. The van der Waals surface area contributed by atoms with Crippen LogP contribution in [0.15, 0.2) is 22.7 Å². The maximum Gasteiger partial charge on any atom is 0.245 e. The third-order valence-electron chi connectivity index (χ3n) is 1.63. The van der Waals surface area contributed by atoms with E-state index in [1.807, 2.05) is 0 Å². The summed E-state index contributed by atoms with van der Waals surface area (Å²) >= 11 is 3.22. The van der Waals surface area contributed by atoms with Crippen LogP contribution in [-0.2, 0) is 11.3 Å². The lowest BCUT2D eigenvalue weighted by Crippen LogP contribution is -2.25. The molecule has 0 atom stereocenters. The number of rotatable bonds is 3. The van der Waals surface area contributed by atoms with Crippen LogP contribution in [0, 0.1) is 5.82 Å². The van der Waals surface area contributed by atoms with Gasteiger partial charge >= 0.3 is 0 Å². The predicted molar refractivity (Wildman–Crippen MR) is 53.0 cm³/mol. The van der Waals surface area contributed by atoms with E-state index in [2.05, 4.69) is 21.2 Å². The first-order valence-electron chi connectivity index (χ1n) is 3.95. The van der Waals surface area contributed by atoms with Gasteiger partial charge in [0.1, 0.15) is 12.4 Å². The lowest BCUT2D eigenvalue weighted by atomic mass is 10.2. The number of hydrogen-bond acceptors (Lipinski definition) is 2. The number of halogens is 2. The molecule has 1 aromatic carbocycles. The van der Waals surface area contributed by atoms with Gasteiger partial charge in [-0.15, -0.1) is 0 Å². The van der Waals surface area contributed by atoms with Gasteiger partial charge in [-0.3, -0.25) is 4.79 Å². The molecule has 0 aliphatic rings. The van der Waals surface area contributed by atoms with Crippen LogP contribution in [0.5, 0.6) is 0 Å². The minimum Gasteiger partial charge on any atom is -0.387 e. The molecule has 0 saturated heterocycles. The Kier molecular flexibility index (Phi) is 4.03. The lowest BCUT2D eigenvalue weighted by molar-refractivity contribution is -0.123. The van der Waals surface area contributed by atoms with E-state index in [0.717, 1.165) is 4.47 Å². The summed E-state index contributed by atoms with van der Waals surface area (Å²) in [5.74, 6) is -0.845. The number of carbonyl (C=O) groups excluding carboxylic acids is 1. The van der Waals surface area contributed by atoms with Crippen molar-refractivity contribution in [2.24, 2.45) is 0 Å². The zero-order valence-corrected chi connectivity index (χ0v) is 8.84. The second kappa shape index (κ2) is 5.07. The zero-order valence-electron chi connectivity index (χ0n) is 7.26. The number of nitrogens with one attached hydrogen (secondary N) is 1. The van der Waals surface area contributed by atoms with E-state index in [1.54, 1.807) is 6.07 Å². The Bertz CT molecular complexity index is 344. The van der Waals surface area contributed by atoms with E-state index in [1.165, 1.54) is 12.1 Å². The molecule has 1 rings (SSSR count). The topological polar surface area (TPSA) is 49.3 Å². The second-order valence-corrected chi connectivity index (χ2v) is 3.52. The highest BCUT2D eigenvalue weighted by atomic mass is 79.9. The average molecular weight is 262 g/mol. The molecule has 0 heterocycles. The monoisotopic (exact) mass is 261 g/mol. The van der Waals surface area contributed by atoms with Crippen molar-refractivity contribution in [1.82, 2.24) is 5.32 Å². The van der Waals surface area contributed by atoms with Crippen LogP contribution in [0.3, 0.4) is 0 Å². The molecule has 0 radical (unpaired) electrons. The van der Waals surface area contributed by atoms with E-state index in [9.17, 15) is 9.18 Å². The van der Waals surface area contributed by atoms with Crippen LogP contribution in [-0.4, -0.2) is 17.6 Å². The highest BCUT2D eigenvalue weighted by Gasteiger charge is 2.03. The van der Waals surface area contributed by atoms with Gasteiger partial charge in [0.25, 0.3) is 0 Å². The molecule has 0 spiro atoms. The molecular weight excluding hydrogens is 253 g/mol. The van der Waals surface area contributed by atoms with Gasteiger partial charge in [0, 0.05) is 11.0 Å². The first-order valence-corrected chi connectivity index (χ1v) is 4.74. The zero-order chi connectivity index (χ0) is 10.6. The predicted octanol–water partition coefficient (Wildman–Crippen LogP) is 1.20. The van der Waals surface area contributed by atoms with E-state index < -0.39 is 12.5 Å². The SMILES string of the molecule is O=C(CO)NCc1cc(F)ccc1Br. The van der Waals surface area contributed by atoms with Gasteiger partial charge in [-0.25, -0.2) is 4.39 Å². The Morgan fingerprint density at radius 2 is 2.29 bits per heavy atom. The standard InChI is InChI=1S/C9H9BrFNO2/c10-8-2-1-7(11)3-6(8)4-12-9(14)5-13/h1-3,13H,4-5H2,(H,12,14). The molecule has 0 aliphatic heterocycles. The van der Waals surface area contributed by atoms with Crippen LogP contribution in [0.4, 0.5) is 4.39 Å². The molecule has 0 fully saturated rings. The molecule has 0 unspecified atom stereocenters. The van der Waals surface area contributed by atoms with Gasteiger partial charge in [-0.05, 0) is 23.8 Å². The highest BCUT2D eigenvalue weighted by Crippen LogP contribution is 2.17. The summed E-state index contributed by atoms with van der Waals surface area (Å²) in [7, 11) is 0. The number of amides is 1. The molecule has 1 aromatic rings. The fraction of sp³-hybridized carbons (Fsp3) is 0.222. The molecule has 14 heavy (non-hydrogen) atoms. The van der Waals surface area contributed by atoms with Gasteiger partial charge < -0.3 is 10.4 Å². The van der Waals surface area contributed by atoms with E-state index in [4.69, 9.17) is 5.11 Å². The lowest BCUT2D eigenvalue weighted by Gasteiger charge is -2.05. The molecular formula is C9H9BrFNO2. The molecule has 5 heteroatoms. The molecule has 2 N–H and O–H groups in total. The van der Waals surface area contributed by atoms with Crippen molar-refractivity contribution in [3.63, 3.8) is 0 Å². The fourth-order valence-electron chi connectivity index (χ4n) is 0.928. The van der Waals surface area contributed by atoms with Crippen molar-refractivity contribution in [2.45, 2.75) is 6.54 Å². The number of carbonyl (C=O) groups is 1. The van der Waals surface area contributed by atoms with Crippen molar-refractivity contribution < 1.29 is 14.3 Å². The van der Waals surface area contributed by atoms with Crippen molar-refractivity contribution in [1.29, 1.82) is 0 Å². The Hall–Kier alpha value is -0.940. The Morgan fingerprint density at radius 3 is 2.93 bits per heavy atom. The third-order valence-corrected chi connectivity index (χ3v) is 2.40. The summed E-state index contributed by atoms with van der Waals surface area (Å²) in [5, 5.41) is 10.9. The van der Waals surface area contributed by atoms with Crippen LogP contribution in [0.2, 0.25) is 0 Å². The normalized spacial score (nSPS) is 9.93. The van der Waals surface area contributed by atoms with Crippen LogP contribution < -0.4 is 5.32 Å². The van der Waals surface area contributed by atoms with Gasteiger partial charge in [0.05, 0.1) is 0 Å². The van der Waals surface area contributed by atoms with Crippen molar-refractivity contribution in [3.8, 4) is 0 Å². The number of hydrogen-bond donors (Lipinski definition) is 2. The average Bonchev–Trinajstić information content (AvgIpc) is 2.19. The number of aliphatic hydroxyl groups is 1.